The Bertz CT molecular complexity index is 1080. The lowest BCUT2D eigenvalue weighted by Crippen LogP contribution is -2.44. The largest absolute Gasteiger partial charge is 0.491 e. The quantitative estimate of drug-likeness (QED) is 0.644. The van der Waals surface area contributed by atoms with Crippen molar-refractivity contribution in [2.24, 2.45) is 0 Å². The van der Waals surface area contributed by atoms with Crippen molar-refractivity contribution < 1.29 is 9.53 Å². The van der Waals surface area contributed by atoms with E-state index in [2.05, 4.69) is 36.4 Å². The topological polar surface area (TPSA) is 80.2 Å². The van der Waals surface area contributed by atoms with Crippen molar-refractivity contribution in [1.82, 2.24) is 25.4 Å². The molecular weight excluding hydrogens is 434 g/mol. The van der Waals surface area contributed by atoms with Crippen molar-refractivity contribution in [1.29, 1.82) is 0 Å². The maximum absolute atomic E-state index is 12.9. The molecule has 0 radical (unpaired) electrons. The smallest absolute Gasteiger partial charge is 0.318 e. The average molecular weight is 452 g/mol. The summed E-state index contributed by atoms with van der Waals surface area (Å²) in [6.45, 7) is 1.57. The van der Waals surface area contributed by atoms with Gasteiger partial charge >= 0.3 is 6.03 Å². The molecule has 0 spiro atoms. The minimum atomic E-state index is -0.144. The first kappa shape index (κ1) is 18.1. The van der Waals surface area contributed by atoms with Crippen molar-refractivity contribution in [3.63, 3.8) is 0 Å². The summed E-state index contributed by atoms with van der Waals surface area (Å²) >= 11 is 3.45. The fourth-order valence-corrected chi connectivity index (χ4v) is 4.05. The number of carbonyl (C=O) groups excluding carboxylic acids is 1. The number of rotatable bonds is 2. The second-order valence-corrected chi connectivity index (χ2v) is 8.02. The lowest BCUT2D eigenvalue weighted by Gasteiger charge is -2.29. The van der Waals surface area contributed by atoms with Gasteiger partial charge in [0.15, 0.2) is 0 Å². The fourth-order valence-electron chi connectivity index (χ4n) is 3.71. The summed E-state index contributed by atoms with van der Waals surface area (Å²) in [5.41, 5.74) is 4.73. The van der Waals surface area contributed by atoms with Crippen LogP contribution in [-0.4, -0.2) is 39.3 Å². The predicted octanol–water partition coefficient (Wildman–Crippen LogP) is 3.50. The number of nitrogens with zero attached hydrogens (tertiary/aromatic N) is 4. The molecule has 1 atom stereocenters. The van der Waals surface area contributed by atoms with Crippen LogP contribution in [0.4, 0.5) is 4.79 Å². The zero-order valence-corrected chi connectivity index (χ0v) is 17.1. The zero-order valence-electron chi connectivity index (χ0n) is 15.5. The highest BCUT2D eigenvalue weighted by Crippen LogP contribution is 2.34. The number of benzene rings is 1. The maximum Gasteiger partial charge on any atom is 0.318 e. The summed E-state index contributed by atoms with van der Waals surface area (Å²) in [4.78, 5) is 18.8. The van der Waals surface area contributed by atoms with Crippen LogP contribution in [0.1, 0.15) is 22.9 Å². The number of amides is 2. The third kappa shape index (κ3) is 3.55. The number of nitrogens with one attached hydrogen (secondary N) is 1. The van der Waals surface area contributed by atoms with Gasteiger partial charge in [0.1, 0.15) is 12.4 Å². The molecule has 1 aromatic carbocycles. The van der Waals surface area contributed by atoms with E-state index < -0.39 is 0 Å². The maximum atomic E-state index is 12.9. The van der Waals surface area contributed by atoms with E-state index in [0.717, 1.165) is 38.3 Å². The standard InChI is InChI=1S/C21H18BrN5O2/c22-15-1-2-16-19(12-29-20(16)10-15)24-21(28)27-8-5-17-14(11-27)9-18(26-25-17)13-3-6-23-7-4-13/h1-4,6-7,9-10,19H,5,8,11-12H2,(H,24,28). The van der Waals surface area contributed by atoms with E-state index in [1.165, 1.54) is 0 Å². The van der Waals surface area contributed by atoms with Crippen LogP contribution in [0.25, 0.3) is 11.3 Å². The molecule has 7 nitrogen and oxygen atoms in total. The molecule has 2 aromatic heterocycles. The number of aromatic nitrogens is 3. The van der Waals surface area contributed by atoms with Crippen LogP contribution in [0.5, 0.6) is 5.75 Å². The van der Waals surface area contributed by atoms with Crippen LogP contribution in [0.15, 0.2) is 53.3 Å². The Morgan fingerprint density at radius 2 is 2.03 bits per heavy atom. The molecule has 0 saturated carbocycles. The summed E-state index contributed by atoms with van der Waals surface area (Å²) in [7, 11) is 0. The van der Waals surface area contributed by atoms with E-state index in [-0.39, 0.29) is 12.1 Å². The molecular formula is C21H18BrN5O2. The van der Waals surface area contributed by atoms with Gasteiger partial charge in [0.2, 0.25) is 0 Å². The first-order valence-corrected chi connectivity index (χ1v) is 10.2. The molecule has 29 heavy (non-hydrogen) atoms. The van der Waals surface area contributed by atoms with Crippen molar-refractivity contribution in [2.75, 3.05) is 13.2 Å². The molecule has 0 fully saturated rings. The van der Waals surface area contributed by atoms with Gasteiger partial charge < -0.3 is 15.0 Å². The van der Waals surface area contributed by atoms with Crippen LogP contribution in [0, 0.1) is 0 Å². The molecule has 2 amide bonds. The van der Waals surface area contributed by atoms with Gasteiger partial charge in [0.05, 0.1) is 17.4 Å². The summed E-state index contributed by atoms with van der Waals surface area (Å²) < 4.78 is 6.67. The second-order valence-electron chi connectivity index (χ2n) is 7.10. The SMILES string of the molecule is O=C(NC1COc2cc(Br)ccc21)N1CCc2nnc(-c3ccncc3)cc2C1. The van der Waals surface area contributed by atoms with Crippen LogP contribution in [0.2, 0.25) is 0 Å². The number of halogens is 1. The molecule has 146 valence electrons. The Kier molecular flexibility index (Phi) is 4.63. The normalized spacial score (nSPS) is 17.3. The predicted molar refractivity (Wildman–Crippen MR) is 110 cm³/mol. The summed E-state index contributed by atoms with van der Waals surface area (Å²) in [6, 6.07) is 11.5. The van der Waals surface area contributed by atoms with Gasteiger partial charge in [-0.1, -0.05) is 22.0 Å². The van der Waals surface area contributed by atoms with Gasteiger partial charge in [-0.3, -0.25) is 4.98 Å². The summed E-state index contributed by atoms with van der Waals surface area (Å²) in [6.07, 6.45) is 4.16. The lowest BCUT2D eigenvalue weighted by molar-refractivity contribution is 0.184. The average Bonchev–Trinajstić information content (AvgIpc) is 3.15. The van der Waals surface area contributed by atoms with E-state index in [9.17, 15) is 4.79 Å². The van der Waals surface area contributed by atoms with Crippen molar-refractivity contribution in [2.45, 2.75) is 19.0 Å². The molecule has 3 aromatic rings. The number of carbonyl (C=O) groups is 1. The Morgan fingerprint density at radius 3 is 2.90 bits per heavy atom. The summed E-state index contributed by atoms with van der Waals surface area (Å²) in [5.74, 6) is 0.811. The van der Waals surface area contributed by atoms with E-state index >= 15 is 0 Å². The number of ether oxygens (including phenoxy) is 1. The van der Waals surface area contributed by atoms with Crippen LogP contribution in [-0.2, 0) is 13.0 Å². The Hall–Kier alpha value is -3.00. The molecule has 4 heterocycles. The first-order valence-electron chi connectivity index (χ1n) is 9.41. The Labute approximate surface area is 176 Å². The van der Waals surface area contributed by atoms with Crippen LogP contribution < -0.4 is 10.1 Å². The van der Waals surface area contributed by atoms with Gasteiger partial charge in [-0.15, -0.1) is 0 Å². The first-order chi connectivity index (χ1) is 14.2. The van der Waals surface area contributed by atoms with E-state index in [0.29, 0.717) is 26.1 Å². The monoisotopic (exact) mass is 451 g/mol. The highest BCUT2D eigenvalue weighted by atomic mass is 79.9. The minimum absolute atomic E-state index is 0.0951. The highest BCUT2D eigenvalue weighted by molar-refractivity contribution is 9.10. The number of hydrogen-bond acceptors (Lipinski definition) is 5. The fraction of sp³-hybridized carbons (Fsp3) is 0.238. The van der Waals surface area contributed by atoms with E-state index in [1.54, 1.807) is 12.4 Å². The molecule has 0 aliphatic carbocycles. The van der Waals surface area contributed by atoms with Crippen LogP contribution >= 0.6 is 15.9 Å². The molecule has 1 unspecified atom stereocenters. The molecule has 0 bridgehead atoms. The lowest BCUT2D eigenvalue weighted by atomic mass is 10.0. The summed E-state index contributed by atoms with van der Waals surface area (Å²) in [5, 5.41) is 11.8. The zero-order chi connectivity index (χ0) is 19.8. The number of fused-ring (bicyclic) bond motifs is 2. The van der Waals surface area contributed by atoms with Gasteiger partial charge in [-0.25, -0.2) is 4.79 Å². The van der Waals surface area contributed by atoms with Gasteiger partial charge in [0, 0.05) is 47.5 Å². The Morgan fingerprint density at radius 1 is 1.17 bits per heavy atom. The molecule has 2 aliphatic heterocycles. The number of pyridine rings is 1. The van der Waals surface area contributed by atoms with Crippen LogP contribution in [0.3, 0.4) is 0 Å². The third-order valence-corrected chi connectivity index (χ3v) is 5.75. The van der Waals surface area contributed by atoms with Gasteiger partial charge in [-0.05, 0) is 35.9 Å². The van der Waals surface area contributed by atoms with E-state index in [4.69, 9.17) is 4.74 Å². The number of urea groups is 1. The molecule has 0 saturated heterocycles. The highest BCUT2D eigenvalue weighted by Gasteiger charge is 2.29. The number of hydrogen-bond donors (Lipinski definition) is 1. The van der Waals surface area contributed by atoms with Crippen molar-refractivity contribution >= 4 is 22.0 Å². The van der Waals surface area contributed by atoms with Crippen molar-refractivity contribution in [3.05, 3.63) is 70.1 Å². The van der Waals surface area contributed by atoms with Crippen molar-refractivity contribution in [3.8, 4) is 17.0 Å². The molecule has 1 N–H and O–H groups in total. The van der Waals surface area contributed by atoms with E-state index in [1.807, 2.05) is 41.3 Å². The van der Waals surface area contributed by atoms with Gasteiger partial charge in [-0.2, -0.15) is 10.2 Å². The molecule has 5 rings (SSSR count). The Balaban J connectivity index is 1.31. The minimum Gasteiger partial charge on any atom is -0.491 e. The third-order valence-electron chi connectivity index (χ3n) is 5.26. The van der Waals surface area contributed by atoms with Gasteiger partial charge in [0.25, 0.3) is 0 Å². The second kappa shape index (κ2) is 7.44. The molecule has 8 heteroatoms. The molecule has 2 aliphatic rings.